The SMILES string of the molecule is Cc1ncc(Nc2cc(COc3ccc(C)c4ccccc34)ccn2)nc1C. The number of rotatable bonds is 5. The molecule has 4 aromatic rings. The number of benzene rings is 2. The van der Waals surface area contributed by atoms with Gasteiger partial charge in [0.15, 0.2) is 0 Å². The van der Waals surface area contributed by atoms with Crippen LogP contribution in [0.4, 0.5) is 11.6 Å². The zero-order chi connectivity index (χ0) is 19.5. The maximum atomic E-state index is 6.12. The van der Waals surface area contributed by atoms with Crippen molar-refractivity contribution in [1.82, 2.24) is 15.0 Å². The van der Waals surface area contributed by atoms with Crippen LogP contribution in [0.2, 0.25) is 0 Å². The Morgan fingerprint density at radius 1 is 0.857 bits per heavy atom. The second-order valence-corrected chi connectivity index (χ2v) is 6.82. The normalized spacial score (nSPS) is 10.8. The Morgan fingerprint density at radius 2 is 1.68 bits per heavy atom. The van der Waals surface area contributed by atoms with E-state index in [0.717, 1.165) is 28.1 Å². The maximum Gasteiger partial charge on any atom is 0.150 e. The van der Waals surface area contributed by atoms with Crippen LogP contribution in [0.15, 0.2) is 60.9 Å². The van der Waals surface area contributed by atoms with Crippen LogP contribution in [0.3, 0.4) is 0 Å². The average Bonchev–Trinajstić information content (AvgIpc) is 2.71. The number of anilines is 2. The molecule has 0 aliphatic rings. The lowest BCUT2D eigenvalue weighted by molar-refractivity contribution is 0.310. The Bertz CT molecular complexity index is 1140. The van der Waals surface area contributed by atoms with Gasteiger partial charge in [-0.1, -0.05) is 30.3 Å². The lowest BCUT2D eigenvalue weighted by Gasteiger charge is -2.12. The molecule has 2 aromatic carbocycles. The lowest BCUT2D eigenvalue weighted by atomic mass is 10.0. The molecule has 0 amide bonds. The topological polar surface area (TPSA) is 59.9 Å². The first-order valence-electron chi connectivity index (χ1n) is 9.23. The average molecular weight is 370 g/mol. The van der Waals surface area contributed by atoms with E-state index in [0.29, 0.717) is 18.2 Å². The highest BCUT2D eigenvalue weighted by molar-refractivity contribution is 5.90. The van der Waals surface area contributed by atoms with E-state index >= 15 is 0 Å². The fourth-order valence-corrected chi connectivity index (χ4v) is 3.07. The largest absolute Gasteiger partial charge is 0.488 e. The van der Waals surface area contributed by atoms with Gasteiger partial charge in [0.2, 0.25) is 0 Å². The van der Waals surface area contributed by atoms with Crippen LogP contribution in [0.25, 0.3) is 10.8 Å². The van der Waals surface area contributed by atoms with Crippen LogP contribution in [0, 0.1) is 20.8 Å². The molecule has 5 heteroatoms. The smallest absolute Gasteiger partial charge is 0.150 e. The van der Waals surface area contributed by atoms with Gasteiger partial charge in [-0.2, -0.15) is 0 Å². The predicted molar refractivity (Wildman–Crippen MR) is 112 cm³/mol. The summed E-state index contributed by atoms with van der Waals surface area (Å²) in [6.07, 6.45) is 3.48. The first-order valence-corrected chi connectivity index (χ1v) is 9.23. The molecule has 140 valence electrons. The van der Waals surface area contributed by atoms with Gasteiger partial charge in [-0.15, -0.1) is 0 Å². The Labute approximate surface area is 164 Å². The minimum atomic E-state index is 0.461. The van der Waals surface area contributed by atoms with E-state index < -0.39 is 0 Å². The van der Waals surface area contributed by atoms with Crippen molar-refractivity contribution in [3.8, 4) is 5.75 Å². The van der Waals surface area contributed by atoms with Crippen molar-refractivity contribution in [3.05, 3.63) is 83.4 Å². The summed E-state index contributed by atoms with van der Waals surface area (Å²) in [6, 6.07) is 16.3. The monoisotopic (exact) mass is 370 g/mol. The number of aryl methyl sites for hydroxylation is 3. The van der Waals surface area contributed by atoms with Gasteiger partial charge in [-0.25, -0.2) is 9.97 Å². The van der Waals surface area contributed by atoms with E-state index in [9.17, 15) is 0 Å². The molecule has 28 heavy (non-hydrogen) atoms. The number of nitrogens with zero attached hydrogens (tertiary/aromatic N) is 3. The van der Waals surface area contributed by atoms with Crippen molar-refractivity contribution >= 4 is 22.4 Å². The molecule has 0 fully saturated rings. The number of aromatic nitrogens is 3. The van der Waals surface area contributed by atoms with Gasteiger partial charge in [0.05, 0.1) is 17.6 Å². The van der Waals surface area contributed by atoms with Crippen LogP contribution < -0.4 is 10.1 Å². The summed E-state index contributed by atoms with van der Waals surface area (Å²) in [5.74, 6) is 2.28. The van der Waals surface area contributed by atoms with Crippen LogP contribution in [-0.4, -0.2) is 15.0 Å². The summed E-state index contributed by atoms with van der Waals surface area (Å²) >= 11 is 0. The third-order valence-electron chi connectivity index (χ3n) is 4.77. The molecule has 0 aliphatic heterocycles. The number of ether oxygens (including phenoxy) is 1. The first-order chi connectivity index (χ1) is 13.6. The Balaban J connectivity index is 1.51. The molecule has 2 heterocycles. The maximum absolute atomic E-state index is 6.12. The van der Waals surface area contributed by atoms with Gasteiger partial charge < -0.3 is 10.1 Å². The van der Waals surface area contributed by atoms with Gasteiger partial charge in [0.25, 0.3) is 0 Å². The van der Waals surface area contributed by atoms with Gasteiger partial charge in [0.1, 0.15) is 24.0 Å². The highest BCUT2D eigenvalue weighted by atomic mass is 16.5. The molecule has 0 spiro atoms. The summed E-state index contributed by atoms with van der Waals surface area (Å²) < 4.78 is 6.12. The number of nitrogens with one attached hydrogen (secondary N) is 1. The van der Waals surface area contributed by atoms with E-state index in [1.54, 1.807) is 12.4 Å². The van der Waals surface area contributed by atoms with E-state index in [4.69, 9.17) is 4.74 Å². The fourth-order valence-electron chi connectivity index (χ4n) is 3.07. The molecule has 0 atom stereocenters. The molecule has 0 saturated carbocycles. The second kappa shape index (κ2) is 7.64. The molecule has 1 N–H and O–H groups in total. The Morgan fingerprint density at radius 3 is 2.50 bits per heavy atom. The van der Waals surface area contributed by atoms with Crippen LogP contribution in [0.5, 0.6) is 5.75 Å². The molecule has 0 aliphatic carbocycles. The van der Waals surface area contributed by atoms with E-state index in [2.05, 4.69) is 51.5 Å². The zero-order valence-corrected chi connectivity index (χ0v) is 16.2. The van der Waals surface area contributed by atoms with Gasteiger partial charge >= 0.3 is 0 Å². The van der Waals surface area contributed by atoms with E-state index in [1.807, 2.05) is 38.1 Å². The zero-order valence-electron chi connectivity index (χ0n) is 16.2. The summed E-state index contributed by atoms with van der Waals surface area (Å²) in [4.78, 5) is 13.2. The van der Waals surface area contributed by atoms with Crippen LogP contribution in [-0.2, 0) is 6.61 Å². The quantitative estimate of drug-likeness (QED) is 0.518. The predicted octanol–water partition coefficient (Wildman–Crippen LogP) is 5.27. The minimum Gasteiger partial charge on any atom is -0.488 e. The van der Waals surface area contributed by atoms with Crippen molar-refractivity contribution in [1.29, 1.82) is 0 Å². The summed E-state index contributed by atoms with van der Waals surface area (Å²) in [6.45, 7) is 6.46. The van der Waals surface area contributed by atoms with E-state index in [1.165, 1.54) is 10.9 Å². The number of hydrogen-bond donors (Lipinski definition) is 1. The third-order valence-corrected chi connectivity index (χ3v) is 4.77. The molecule has 2 aromatic heterocycles. The lowest BCUT2D eigenvalue weighted by Crippen LogP contribution is -2.02. The van der Waals surface area contributed by atoms with E-state index in [-0.39, 0.29) is 0 Å². The van der Waals surface area contributed by atoms with Gasteiger partial charge in [0, 0.05) is 11.6 Å². The third kappa shape index (κ3) is 3.78. The number of hydrogen-bond acceptors (Lipinski definition) is 5. The Hall–Kier alpha value is -3.47. The fraction of sp³-hybridized carbons (Fsp3) is 0.174. The highest BCUT2D eigenvalue weighted by Crippen LogP contribution is 2.29. The van der Waals surface area contributed by atoms with Crippen LogP contribution >= 0.6 is 0 Å². The number of fused-ring (bicyclic) bond motifs is 1. The molecule has 0 bridgehead atoms. The van der Waals surface area contributed by atoms with Crippen molar-refractivity contribution in [2.45, 2.75) is 27.4 Å². The van der Waals surface area contributed by atoms with Crippen molar-refractivity contribution in [2.75, 3.05) is 5.32 Å². The molecule has 5 nitrogen and oxygen atoms in total. The first kappa shape index (κ1) is 17.9. The highest BCUT2D eigenvalue weighted by Gasteiger charge is 2.06. The van der Waals surface area contributed by atoms with Crippen LogP contribution in [0.1, 0.15) is 22.5 Å². The minimum absolute atomic E-state index is 0.461. The molecule has 0 radical (unpaired) electrons. The van der Waals surface area contributed by atoms with Crippen molar-refractivity contribution < 1.29 is 4.74 Å². The summed E-state index contributed by atoms with van der Waals surface area (Å²) in [5.41, 5.74) is 4.09. The van der Waals surface area contributed by atoms with Crippen molar-refractivity contribution in [2.24, 2.45) is 0 Å². The summed E-state index contributed by atoms with van der Waals surface area (Å²) in [5, 5.41) is 5.55. The van der Waals surface area contributed by atoms with Gasteiger partial charge in [-0.3, -0.25) is 4.98 Å². The van der Waals surface area contributed by atoms with Crippen molar-refractivity contribution in [3.63, 3.8) is 0 Å². The molecular formula is C23H22N4O. The number of pyridine rings is 1. The molecule has 4 rings (SSSR count). The molecule has 0 saturated heterocycles. The molecule has 0 unspecified atom stereocenters. The summed E-state index contributed by atoms with van der Waals surface area (Å²) in [7, 11) is 0. The standard InChI is InChI=1S/C23H22N4O/c1-15-8-9-21(20-7-5-4-6-19(15)20)28-14-18-10-11-24-22(12-18)27-23-13-25-16(2)17(3)26-23/h4-13H,14H2,1-3H3,(H,24,26,27). The molecular weight excluding hydrogens is 348 g/mol. The Kier molecular flexibility index (Phi) is 4.89. The van der Waals surface area contributed by atoms with Gasteiger partial charge in [-0.05, 0) is 55.5 Å². The second-order valence-electron chi connectivity index (χ2n) is 6.82.